The highest BCUT2D eigenvalue weighted by molar-refractivity contribution is 7.99. The molecule has 2 rings (SSSR count). The van der Waals surface area contributed by atoms with Crippen molar-refractivity contribution in [2.45, 2.75) is 24.1 Å². The molecule has 1 aliphatic carbocycles. The zero-order valence-electron chi connectivity index (χ0n) is 8.46. The van der Waals surface area contributed by atoms with E-state index in [0.29, 0.717) is 10.8 Å². The van der Waals surface area contributed by atoms with Crippen LogP contribution in [0.5, 0.6) is 5.75 Å². The molecule has 1 aromatic carbocycles. The maximum atomic E-state index is 12.1. The van der Waals surface area contributed by atoms with Crippen molar-refractivity contribution in [1.82, 2.24) is 0 Å². The first-order valence-electron chi connectivity index (χ1n) is 5.02. The first-order valence-corrected chi connectivity index (χ1v) is 6.01. The normalized spacial score (nSPS) is 16.2. The molecule has 0 radical (unpaired) electrons. The summed E-state index contributed by atoms with van der Waals surface area (Å²) in [5, 5.41) is 0. The zero-order chi connectivity index (χ0) is 11.6. The van der Waals surface area contributed by atoms with Crippen molar-refractivity contribution in [2.24, 2.45) is 5.92 Å². The molecule has 1 fully saturated rings. The fourth-order valence-electron chi connectivity index (χ4n) is 1.27. The molecule has 0 aliphatic heterocycles. The number of alkyl halides is 3. The van der Waals surface area contributed by atoms with E-state index in [0.717, 1.165) is 5.75 Å². The summed E-state index contributed by atoms with van der Waals surface area (Å²) in [6, 6.07) is 6.28. The van der Waals surface area contributed by atoms with E-state index in [1.54, 1.807) is 18.2 Å². The van der Waals surface area contributed by atoms with Gasteiger partial charge >= 0.3 is 6.36 Å². The number of halogens is 3. The van der Waals surface area contributed by atoms with Gasteiger partial charge in [0.25, 0.3) is 0 Å². The molecule has 1 saturated carbocycles. The number of hydrogen-bond donors (Lipinski definition) is 0. The summed E-state index contributed by atoms with van der Waals surface area (Å²) in [4.78, 5) is 0.562. The number of hydrogen-bond acceptors (Lipinski definition) is 2. The van der Waals surface area contributed by atoms with Crippen LogP contribution in [0.3, 0.4) is 0 Å². The van der Waals surface area contributed by atoms with Gasteiger partial charge in [0, 0.05) is 10.6 Å². The minimum absolute atomic E-state index is 0.0966. The van der Waals surface area contributed by atoms with E-state index >= 15 is 0 Å². The Bertz CT molecular complexity index is 360. The van der Waals surface area contributed by atoms with Crippen LogP contribution in [0.4, 0.5) is 13.2 Å². The predicted molar refractivity (Wildman–Crippen MR) is 56.6 cm³/mol. The summed E-state index contributed by atoms with van der Waals surface area (Å²) in [6.45, 7) is 0. The van der Waals surface area contributed by atoms with Gasteiger partial charge in [0.2, 0.25) is 0 Å². The first-order chi connectivity index (χ1) is 7.54. The molecule has 1 nitrogen and oxygen atoms in total. The molecule has 0 saturated heterocycles. The maximum Gasteiger partial charge on any atom is 0.573 e. The van der Waals surface area contributed by atoms with Gasteiger partial charge < -0.3 is 4.74 Å². The van der Waals surface area contributed by atoms with Gasteiger partial charge in [0.1, 0.15) is 5.75 Å². The lowest BCUT2D eigenvalue weighted by Crippen LogP contribution is -2.17. The zero-order valence-corrected chi connectivity index (χ0v) is 9.27. The van der Waals surface area contributed by atoms with Gasteiger partial charge in [-0.3, -0.25) is 0 Å². The van der Waals surface area contributed by atoms with Crippen molar-refractivity contribution < 1.29 is 17.9 Å². The fraction of sp³-hybridized carbons (Fsp3) is 0.455. The third kappa shape index (κ3) is 3.63. The maximum absolute atomic E-state index is 12.1. The van der Waals surface area contributed by atoms with Crippen LogP contribution in [0, 0.1) is 5.92 Å². The van der Waals surface area contributed by atoms with Crippen LogP contribution in [-0.4, -0.2) is 12.1 Å². The fourth-order valence-corrected chi connectivity index (χ4v) is 2.45. The lowest BCUT2D eigenvalue weighted by molar-refractivity contribution is -0.275. The lowest BCUT2D eigenvalue weighted by Gasteiger charge is -2.12. The van der Waals surface area contributed by atoms with Crippen LogP contribution in [0.1, 0.15) is 12.8 Å². The highest BCUT2D eigenvalue weighted by Crippen LogP contribution is 2.39. The summed E-state index contributed by atoms with van der Waals surface area (Å²) in [5.74, 6) is 1.45. The van der Waals surface area contributed by atoms with E-state index in [4.69, 9.17) is 0 Å². The van der Waals surface area contributed by atoms with E-state index in [2.05, 4.69) is 4.74 Å². The lowest BCUT2D eigenvalue weighted by atomic mass is 10.3. The number of ether oxygens (including phenoxy) is 1. The van der Waals surface area contributed by atoms with Crippen molar-refractivity contribution in [3.63, 3.8) is 0 Å². The van der Waals surface area contributed by atoms with Gasteiger partial charge in [-0.2, -0.15) is 0 Å². The number of para-hydroxylation sites is 1. The minimum Gasteiger partial charge on any atom is -0.405 e. The monoisotopic (exact) mass is 248 g/mol. The van der Waals surface area contributed by atoms with Gasteiger partial charge in [-0.1, -0.05) is 12.1 Å². The van der Waals surface area contributed by atoms with Crippen LogP contribution in [0.25, 0.3) is 0 Å². The smallest absolute Gasteiger partial charge is 0.405 e. The van der Waals surface area contributed by atoms with Crippen molar-refractivity contribution in [3.8, 4) is 5.75 Å². The average molecular weight is 248 g/mol. The molecule has 0 unspecified atom stereocenters. The number of thioether (sulfide) groups is 1. The van der Waals surface area contributed by atoms with Crippen LogP contribution < -0.4 is 4.74 Å². The summed E-state index contributed by atoms with van der Waals surface area (Å²) >= 11 is 1.43. The van der Waals surface area contributed by atoms with Gasteiger partial charge in [-0.05, 0) is 30.9 Å². The van der Waals surface area contributed by atoms with E-state index in [-0.39, 0.29) is 5.75 Å². The Morgan fingerprint density at radius 2 is 1.94 bits per heavy atom. The molecule has 0 atom stereocenters. The molecule has 0 aromatic heterocycles. The Morgan fingerprint density at radius 3 is 2.56 bits per heavy atom. The van der Waals surface area contributed by atoms with Gasteiger partial charge in [-0.25, -0.2) is 0 Å². The van der Waals surface area contributed by atoms with Crippen molar-refractivity contribution in [3.05, 3.63) is 24.3 Å². The molecular formula is C11H11F3OS. The second-order valence-electron chi connectivity index (χ2n) is 3.75. The van der Waals surface area contributed by atoms with E-state index in [9.17, 15) is 13.2 Å². The highest BCUT2D eigenvalue weighted by atomic mass is 32.2. The molecule has 0 amide bonds. The Kier molecular flexibility index (Phi) is 3.33. The van der Waals surface area contributed by atoms with Gasteiger partial charge in [0.05, 0.1) is 0 Å². The van der Waals surface area contributed by atoms with E-state index in [1.807, 2.05) is 0 Å². The molecule has 0 N–H and O–H groups in total. The Hall–Kier alpha value is -0.840. The molecule has 0 spiro atoms. The standard InChI is InChI=1S/C11H11F3OS/c12-11(13,14)15-9-3-1-2-4-10(9)16-7-8-5-6-8/h1-4,8H,5-7H2. The second-order valence-corrected chi connectivity index (χ2v) is 4.81. The van der Waals surface area contributed by atoms with Crippen molar-refractivity contribution in [1.29, 1.82) is 0 Å². The van der Waals surface area contributed by atoms with Crippen LogP contribution >= 0.6 is 11.8 Å². The quantitative estimate of drug-likeness (QED) is 0.742. The van der Waals surface area contributed by atoms with E-state index < -0.39 is 6.36 Å². The average Bonchev–Trinajstić information content (AvgIpc) is 2.98. The molecule has 0 bridgehead atoms. The summed E-state index contributed by atoms with van der Waals surface area (Å²) in [7, 11) is 0. The number of rotatable bonds is 4. The molecule has 16 heavy (non-hydrogen) atoms. The van der Waals surface area contributed by atoms with Crippen molar-refractivity contribution >= 4 is 11.8 Å². The molecular weight excluding hydrogens is 237 g/mol. The van der Waals surface area contributed by atoms with Gasteiger partial charge in [0.15, 0.2) is 0 Å². The topological polar surface area (TPSA) is 9.23 Å². The Balaban J connectivity index is 2.03. The third-order valence-corrected chi connectivity index (χ3v) is 3.53. The first kappa shape index (κ1) is 11.6. The third-order valence-electron chi connectivity index (χ3n) is 2.25. The predicted octanol–water partition coefficient (Wildman–Crippen LogP) is 4.09. The summed E-state index contributed by atoms with van der Waals surface area (Å²) in [6.07, 6.45) is -2.24. The van der Waals surface area contributed by atoms with Crippen LogP contribution in [-0.2, 0) is 0 Å². The summed E-state index contributed by atoms with van der Waals surface area (Å²) < 4.78 is 40.3. The highest BCUT2D eigenvalue weighted by Gasteiger charge is 2.32. The SMILES string of the molecule is FC(F)(F)Oc1ccccc1SCC1CC1. The molecule has 88 valence electrons. The largest absolute Gasteiger partial charge is 0.573 e. The molecule has 1 aromatic rings. The second kappa shape index (κ2) is 4.57. The van der Waals surface area contributed by atoms with Crippen LogP contribution in [0.2, 0.25) is 0 Å². The van der Waals surface area contributed by atoms with Crippen LogP contribution in [0.15, 0.2) is 29.2 Å². The summed E-state index contributed by atoms with van der Waals surface area (Å²) in [5.41, 5.74) is 0. The van der Waals surface area contributed by atoms with Gasteiger partial charge in [-0.15, -0.1) is 24.9 Å². The van der Waals surface area contributed by atoms with Crippen molar-refractivity contribution in [2.75, 3.05) is 5.75 Å². The van der Waals surface area contributed by atoms with E-state index in [1.165, 1.54) is 30.7 Å². The Morgan fingerprint density at radius 1 is 1.25 bits per heavy atom. The molecule has 5 heteroatoms. The minimum atomic E-state index is -4.61. The molecule has 1 aliphatic rings. The Labute approximate surface area is 96.0 Å². The molecule has 0 heterocycles. The number of benzene rings is 1.